The molecule has 3 aromatic rings. The van der Waals surface area contributed by atoms with Gasteiger partial charge in [-0.2, -0.15) is 5.26 Å². The Hall–Kier alpha value is -3.71. The first-order valence-electron chi connectivity index (χ1n) is 9.99. The van der Waals surface area contributed by atoms with Crippen LogP contribution in [-0.2, 0) is 10.0 Å². The maximum Gasteiger partial charge on any atom is 0.244 e. The van der Waals surface area contributed by atoms with Gasteiger partial charge in [0.05, 0.1) is 23.2 Å². The van der Waals surface area contributed by atoms with Gasteiger partial charge in [-0.3, -0.25) is 9.71 Å². The predicted octanol–water partition coefficient (Wildman–Crippen LogP) is 3.40. The van der Waals surface area contributed by atoms with Crippen LogP contribution in [0.25, 0.3) is 11.3 Å². The number of ether oxygens (including phenoxy) is 1. The Labute approximate surface area is 186 Å². The molecule has 1 aliphatic rings. The summed E-state index contributed by atoms with van der Waals surface area (Å²) in [6.45, 7) is 5.72. The number of hydrogen-bond donors (Lipinski definition) is 1. The van der Waals surface area contributed by atoms with E-state index in [9.17, 15) is 8.42 Å². The number of nitriles is 1. The lowest BCUT2D eigenvalue weighted by molar-refractivity contribution is 0.455. The summed E-state index contributed by atoms with van der Waals surface area (Å²) < 4.78 is 32.3. The minimum absolute atomic E-state index is 0.0833. The van der Waals surface area contributed by atoms with Crippen LogP contribution in [0.3, 0.4) is 0 Å². The molecule has 0 unspecified atom stereocenters. The number of nitrogens with zero attached hydrogens (tertiary/aromatic N) is 5. The molecule has 9 nitrogen and oxygen atoms in total. The fraction of sp³-hybridized carbons (Fsp3) is 0.273. The normalized spacial score (nSPS) is 13.2. The molecular weight excluding hydrogens is 428 g/mol. The highest BCUT2D eigenvalue weighted by Gasteiger charge is 2.20. The summed E-state index contributed by atoms with van der Waals surface area (Å²) in [6.07, 6.45) is 5.25. The number of aryl methyl sites for hydroxylation is 2. The summed E-state index contributed by atoms with van der Waals surface area (Å²) in [5.41, 5.74) is 3.24. The fourth-order valence-corrected chi connectivity index (χ4v) is 3.91. The maximum atomic E-state index is 11.9. The third-order valence-corrected chi connectivity index (χ3v) is 5.60. The molecule has 1 fully saturated rings. The molecule has 1 saturated heterocycles. The lowest BCUT2D eigenvalue weighted by Gasteiger charge is -2.32. The average Bonchev–Trinajstić information content (AvgIpc) is 2.69. The monoisotopic (exact) mass is 450 g/mol. The summed E-state index contributed by atoms with van der Waals surface area (Å²) in [4.78, 5) is 15.4. The van der Waals surface area contributed by atoms with E-state index in [1.807, 2.05) is 26.0 Å². The number of aromatic nitrogens is 3. The van der Waals surface area contributed by atoms with Crippen molar-refractivity contribution in [3.05, 3.63) is 53.5 Å². The van der Waals surface area contributed by atoms with Crippen molar-refractivity contribution in [3.63, 3.8) is 0 Å². The van der Waals surface area contributed by atoms with Crippen molar-refractivity contribution >= 4 is 21.5 Å². The molecule has 0 aromatic carbocycles. The van der Waals surface area contributed by atoms with Gasteiger partial charge in [-0.25, -0.2) is 18.4 Å². The molecule has 0 aliphatic carbocycles. The van der Waals surface area contributed by atoms with Gasteiger partial charge in [0.2, 0.25) is 15.9 Å². The zero-order chi connectivity index (χ0) is 22.9. The van der Waals surface area contributed by atoms with E-state index in [1.54, 1.807) is 24.4 Å². The smallest absolute Gasteiger partial charge is 0.244 e. The highest BCUT2D eigenvalue weighted by molar-refractivity contribution is 7.92. The quantitative estimate of drug-likeness (QED) is 0.606. The van der Waals surface area contributed by atoms with Crippen LogP contribution in [0.4, 0.5) is 11.5 Å². The summed E-state index contributed by atoms with van der Waals surface area (Å²) in [5.74, 6) is 1.49. The van der Waals surface area contributed by atoms with Crippen LogP contribution in [-0.4, -0.2) is 42.7 Å². The molecule has 4 heterocycles. The van der Waals surface area contributed by atoms with Crippen molar-refractivity contribution in [1.82, 2.24) is 15.0 Å². The Morgan fingerprint density at radius 1 is 1.16 bits per heavy atom. The molecule has 3 aromatic heterocycles. The van der Waals surface area contributed by atoms with Crippen LogP contribution < -0.4 is 14.4 Å². The molecule has 0 radical (unpaired) electrons. The molecule has 0 saturated carbocycles. The Morgan fingerprint density at radius 2 is 1.94 bits per heavy atom. The number of sulfonamides is 1. The molecule has 10 heteroatoms. The van der Waals surface area contributed by atoms with Crippen molar-refractivity contribution in [3.8, 4) is 29.0 Å². The van der Waals surface area contributed by atoms with Crippen LogP contribution in [0, 0.1) is 25.2 Å². The standard InChI is InChI=1S/C22H22N6O3S/c1-14-9-20(28-7-4-8-28)25-15(2)21(14)31-22-19(27-32(3,29)30)6-5-18(26-22)17-10-16(11-23)12-24-13-17/h5-6,9-10,12-13,27H,4,7-8H2,1-3H3. The molecule has 4 rings (SSSR count). The van der Waals surface area contributed by atoms with Gasteiger partial charge in [0.25, 0.3) is 0 Å². The molecule has 0 amide bonds. The molecule has 164 valence electrons. The second-order valence-corrected chi connectivity index (χ2v) is 9.40. The zero-order valence-electron chi connectivity index (χ0n) is 18.0. The first-order valence-corrected chi connectivity index (χ1v) is 11.9. The molecule has 0 atom stereocenters. The van der Waals surface area contributed by atoms with Crippen molar-refractivity contribution in [2.45, 2.75) is 20.3 Å². The van der Waals surface area contributed by atoms with Crippen molar-refractivity contribution in [2.24, 2.45) is 0 Å². The van der Waals surface area contributed by atoms with Crippen molar-refractivity contribution < 1.29 is 13.2 Å². The Morgan fingerprint density at radius 3 is 2.56 bits per heavy atom. The topological polar surface area (TPSA) is 121 Å². The number of anilines is 2. The second-order valence-electron chi connectivity index (χ2n) is 7.65. The average molecular weight is 451 g/mol. The van der Waals surface area contributed by atoms with Crippen LogP contribution >= 0.6 is 0 Å². The molecule has 32 heavy (non-hydrogen) atoms. The largest absolute Gasteiger partial charge is 0.435 e. The second kappa shape index (κ2) is 8.43. The molecule has 1 N–H and O–H groups in total. The van der Waals surface area contributed by atoms with E-state index in [-0.39, 0.29) is 11.6 Å². The zero-order valence-corrected chi connectivity index (χ0v) is 18.8. The van der Waals surface area contributed by atoms with Crippen LogP contribution in [0.15, 0.2) is 36.7 Å². The maximum absolute atomic E-state index is 11.9. The lowest BCUT2D eigenvalue weighted by Crippen LogP contribution is -2.37. The van der Waals surface area contributed by atoms with Crippen molar-refractivity contribution in [1.29, 1.82) is 5.26 Å². The van der Waals surface area contributed by atoms with Gasteiger partial charge in [0.1, 0.15) is 17.6 Å². The summed E-state index contributed by atoms with van der Waals surface area (Å²) in [6, 6.07) is 8.87. The van der Waals surface area contributed by atoms with Gasteiger partial charge >= 0.3 is 0 Å². The van der Waals surface area contributed by atoms with Crippen molar-refractivity contribution in [2.75, 3.05) is 29.0 Å². The van der Waals surface area contributed by atoms with Crippen LogP contribution in [0.1, 0.15) is 23.2 Å². The van der Waals surface area contributed by atoms with Gasteiger partial charge in [0, 0.05) is 31.0 Å². The first-order chi connectivity index (χ1) is 15.2. The summed E-state index contributed by atoms with van der Waals surface area (Å²) in [5, 5.41) is 9.15. The minimum atomic E-state index is -3.56. The first kappa shape index (κ1) is 21.5. The van der Waals surface area contributed by atoms with E-state index in [2.05, 4.69) is 24.6 Å². The molecule has 0 bridgehead atoms. The summed E-state index contributed by atoms with van der Waals surface area (Å²) in [7, 11) is -3.56. The summed E-state index contributed by atoms with van der Waals surface area (Å²) >= 11 is 0. The van der Waals surface area contributed by atoms with Gasteiger partial charge in [-0.1, -0.05) is 0 Å². The van der Waals surface area contributed by atoms with Gasteiger partial charge in [-0.15, -0.1) is 0 Å². The Kier molecular flexibility index (Phi) is 5.67. The third-order valence-electron chi connectivity index (χ3n) is 5.01. The molecule has 0 spiro atoms. The number of pyridine rings is 3. The van der Waals surface area contributed by atoms with Gasteiger partial charge < -0.3 is 9.64 Å². The van der Waals surface area contributed by atoms with E-state index in [1.165, 1.54) is 6.20 Å². The highest BCUT2D eigenvalue weighted by Crippen LogP contribution is 2.35. The van der Waals surface area contributed by atoms with E-state index < -0.39 is 10.0 Å². The van der Waals surface area contributed by atoms with E-state index in [4.69, 9.17) is 10.00 Å². The number of rotatable bonds is 6. The van der Waals surface area contributed by atoms with Gasteiger partial charge in [0.15, 0.2) is 5.75 Å². The van der Waals surface area contributed by atoms with E-state index in [0.717, 1.165) is 37.1 Å². The minimum Gasteiger partial charge on any atom is -0.435 e. The Balaban J connectivity index is 1.76. The van der Waals surface area contributed by atoms with Crippen LogP contribution in [0.2, 0.25) is 0 Å². The fourth-order valence-electron chi connectivity index (χ4n) is 3.36. The highest BCUT2D eigenvalue weighted by atomic mass is 32.2. The Bertz CT molecular complexity index is 1310. The number of hydrogen-bond acceptors (Lipinski definition) is 8. The van der Waals surface area contributed by atoms with E-state index >= 15 is 0 Å². The predicted molar refractivity (Wildman–Crippen MR) is 121 cm³/mol. The number of nitrogens with one attached hydrogen (secondary N) is 1. The third kappa shape index (κ3) is 4.63. The van der Waals surface area contributed by atoms with E-state index in [0.29, 0.717) is 28.3 Å². The molecule has 1 aliphatic heterocycles. The SMILES string of the molecule is Cc1cc(N2CCC2)nc(C)c1Oc1nc(-c2cncc(C#N)c2)ccc1NS(C)(=O)=O. The molecular formula is C22H22N6O3S. The lowest BCUT2D eigenvalue weighted by atomic mass is 10.1. The van der Waals surface area contributed by atoms with Gasteiger partial charge in [-0.05, 0) is 50.1 Å². The van der Waals surface area contributed by atoms with Crippen LogP contribution in [0.5, 0.6) is 11.6 Å².